The summed E-state index contributed by atoms with van der Waals surface area (Å²) < 4.78 is 24.8. The molecular weight excluding hydrogens is 509 g/mol. The molecular formula is C18H32IN5O2S2. The van der Waals surface area contributed by atoms with Gasteiger partial charge in [-0.15, -0.1) is 35.3 Å². The van der Waals surface area contributed by atoms with Gasteiger partial charge in [0.1, 0.15) is 5.01 Å². The van der Waals surface area contributed by atoms with Crippen LogP contribution in [0.1, 0.15) is 41.3 Å². The molecule has 0 bridgehead atoms. The van der Waals surface area contributed by atoms with Crippen molar-refractivity contribution in [3.05, 3.63) is 15.6 Å². The van der Waals surface area contributed by atoms with E-state index < -0.39 is 10.0 Å². The molecule has 28 heavy (non-hydrogen) atoms. The van der Waals surface area contributed by atoms with Crippen LogP contribution in [0.3, 0.4) is 0 Å². The van der Waals surface area contributed by atoms with E-state index >= 15 is 0 Å². The number of rotatable bonds is 5. The molecule has 160 valence electrons. The summed E-state index contributed by atoms with van der Waals surface area (Å²) in [6.07, 6.45) is 7.91. The molecule has 0 amide bonds. The summed E-state index contributed by atoms with van der Waals surface area (Å²) in [6, 6.07) is 0. The molecule has 1 fully saturated rings. The number of halogens is 1. The maximum atomic E-state index is 11.6. The number of fused-ring (bicyclic) bond motifs is 1. The fourth-order valence-corrected chi connectivity index (χ4v) is 5.90. The number of hydrogen-bond donors (Lipinski definition) is 1. The summed E-state index contributed by atoms with van der Waals surface area (Å²) in [5.74, 6) is 1.34. The van der Waals surface area contributed by atoms with E-state index in [9.17, 15) is 8.42 Å². The minimum absolute atomic E-state index is 0. The van der Waals surface area contributed by atoms with Crippen molar-refractivity contribution in [3.8, 4) is 0 Å². The maximum absolute atomic E-state index is 11.6. The molecule has 0 radical (unpaired) electrons. The van der Waals surface area contributed by atoms with Crippen LogP contribution in [-0.2, 0) is 29.4 Å². The fourth-order valence-electron chi connectivity index (χ4n) is 3.82. The van der Waals surface area contributed by atoms with Crippen LogP contribution in [0, 0.1) is 5.92 Å². The highest BCUT2D eigenvalue weighted by Crippen LogP contribution is 2.27. The van der Waals surface area contributed by atoms with Crippen LogP contribution in [0.5, 0.6) is 0 Å². The smallest absolute Gasteiger partial charge is 0.211 e. The van der Waals surface area contributed by atoms with E-state index in [1.165, 1.54) is 36.1 Å². The molecule has 1 aromatic rings. The first-order valence-corrected chi connectivity index (χ1v) is 12.4. The van der Waals surface area contributed by atoms with E-state index in [0.29, 0.717) is 19.0 Å². The topological polar surface area (TPSA) is 77.9 Å². The summed E-state index contributed by atoms with van der Waals surface area (Å²) in [5, 5.41) is 4.62. The third kappa shape index (κ3) is 6.27. The van der Waals surface area contributed by atoms with Gasteiger partial charge in [-0.3, -0.25) is 4.99 Å². The molecule has 1 aromatic heterocycles. The predicted molar refractivity (Wildman–Crippen MR) is 126 cm³/mol. The minimum atomic E-state index is -3.06. The van der Waals surface area contributed by atoms with Crippen molar-refractivity contribution in [2.75, 3.05) is 40.0 Å². The van der Waals surface area contributed by atoms with Crippen molar-refractivity contribution in [2.24, 2.45) is 10.9 Å². The van der Waals surface area contributed by atoms with E-state index in [1.54, 1.807) is 11.4 Å². The number of piperidine rings is 1. The maximum Gasteiger partial charge on any atom is 0.211 e. The molecule has 0 atom stereocenters. The second-order valence-corrected chi connectivity index (χ2v) is 10.7. The molecule has 0 saturated carbocycles. The van der Waals surface area contributed by atoms with Crippen LogP contribution in [-0.4, -0.2) is 68.6 Å². The third-order valence-electron chi connectivity index (χ3n) is 5.43. The largest absolute Gasteiger partial charge is 0.356 e. The van der Waals surface area contributed by atoms with Crippen LogP contribution in [0.15, 0.2) is 4.99 Å². The van der Waals surface area contributed by atoms with Gasteiger partial charge in [-0.1, -0.05) is 0 Å². The molecule has 0 aromatic carbocycles. The second kappa shape index (κ2) is 10.5. The number of guanidine groups is 1. The lowest BCUT2D eigenvalue weighted by Crippen LogP contribution is -2.44. The third-order valence-corrected chi connectivity index (χ3v) is 7.87. The van der Waals surface area contributed by atoms with Gasteiger partial charge in [-0.05, 0) is 44.4 Å². The number of aliphatic imine (C=N–C) groups is 1. The zero-order chi connectivity index (χ0) is 19.4. The van der Waals surface area contributed by atoms with Crippen LogP contribution in [0.4, 0.5) is 0 Å². The Kier molecular flexibility index (Phi) is 8.96. The predicted octanol–water partition coefficient (Wildman–Crippen LogP) is 2.32. The van der Waals surface area contributed by atoms with E-state index in [-0.39, 0.29) is 24.0 Å². The SMILES string of the molecule is CN=C(NCC1CCN(S(C)(=O)=O)CC1)N(C)Cc1nc2c(s1)CCCC2.I. The summed E-state index contributed by atoms with van der Waals surface area (Å²) in [4.78, 5) is 12.8. The highest BCUT2D eigenvalue weighted by atomic mass is 127. The molecule has 1 aliphatic carbocycles. The average molecular weight is 542 g/mol. The normalized spacial score (nSPS) is 19.0. The molecule has 7 nitrogen and oxygen atoms in total. The van der Waals surface area contributed by atoms with Gasteiger partial charge in [0.15, 0.2) is 5.96 Å². The van der Waals surface area contributed by atoms with Gasteiger partial charge in [0.25, 0.3) is 0 Å². The van der Waals surface area contributed by atoms with Crippen molar-refractivity contribution in [1.82, 2.24) is 19.5 Å². The molecule has 0 unspecified atom stereocenters. The Balaban J connectivity index is 0.00000280. The van der Waals surface area contributed by atoms with Crippen LogP contribution >= 0.6 is 35.3 Å². The molecule has 1 aliphatic heterocycles. The molecule has 3 rings (SSSR count). The molecule has 10 heteroatoms. The summed E-state index contributed by atoms with van der Waals surface area (Å²) in [7, 11) is 0.787. The number of sulfonamides is 1. The first-order valence-electron chi connectivity index (χ1n) is 9.71. The summed E-state index contributed by atoms with van der Waals surface area (Å²) >= 11 is 1.84. The van der Waals surface area contributed by atoms with Gasteiger partial charge < -0.3 is 10.2 Å². The zero-order valence-electron chi connectivity index (χ0n) is 17.0. The molecule has 1 saturated heterocycles. The van der Waals surface area contributed by atoms with Crippen molar-refractivity contribution in [2.45, 2.75) is 45.1 Å². The van der Waals surface area contributed by atoms with Crippen LogP contribution in [0.25, 0.3) is 0 Å². The quantitative estimate of drug-likeness (QED) is 0.352. The Morgan fingerprint density at radius 2 is 2.00 bits per heavy atom. The standard InChI is InChI=1S/C18H31N5O2S2.HI/c1-19-18(20-12-14-8-10-23(11-9-14)27(3,24)25)22(2)13-17-21-15-6-4-5-7-16(15)26-17;/h14H,4-13H2,1-3H3,(H,19,20);1H. The zero-order valence-corrected chi connectivity index (χ0v) is 20.9. The number of thiazole rings is 1. The first kappa shape index (κ1) is 23.8. The Morgan fingerprint density at radius 1 is 1.32 bits per heavy atom. The second-order valence-electron chi connectivity index (χ2n) is 7.57. The average Bonchev–Trinajstić information content (AvgIpc) is 3.04. The van der Waals surface area contributed by atoms with Gasteiger partial charge in [0.05, 0.1) is 18.5 Å². The van der Waals surface area contributed by atoms with Gasteiger partial charge in [-0.25, -0.2) is 17.7 Å². The van der Waals surface area contributed by atoms with Crippen molar-refractivity contribution < 1.29 is 8.42 Å². The Labute approximate surface area is 190 Å². The first-order chi connectivity index (χ1) is 12.9. The number of nitrogens with one attached hydrogen (secondary N) is 1. The number of nitrogens with zero attached hydrogens (tertiary/aromatic N) is 4. The van der Waals surface area contributed by atoms with E-state index in [4.69, 9.17) is 4.98 Å². The van der Waals surface area contributed by atoms with Crippen molar-refractivity contribution >= 4 is 51.3 Å². The highest BCUT2D eigenvalue weighted by molar-refractivity contribution is 14.0. The number of aromatic nitrogens is 1. The lowest BCUT2D eigenvalue weighted by Gasteiger charge is -2.31. The number of hydrogen-bond acceptors (Lipinski definition) is 5. The lowest BCUT2D eigenvalue weighted by atomic mass is 9.98. The van der Waals surface area contributed by atoms with Gasteiger partial charge in [0, 0.05) is 38.6 Å². The summed E-state index contributed by atoms with van der Waals surface area (Å²) in [6.45, 7) is 2.82. The van der Waals surface area contributed by atoms with Crippen LogP contribution in [0.2, 0.25) is 0 Å². The summed E-state index contributed by atoms with van der Waals surface area (Å²) in [5.41, 5.74) is 1.30. The Hall–Kier alpha value is -0.460. The van der Waals surface area contributed by atoms with E-state index in [2.05, 4.69) is 15.2 Å². The number of aryl methyl sites for hydroxylation is 2. The Morgan fingerprint density at radius 3 is 2.61 bits per heavy atom. The highest BCUT2D eigenvalue weighted by Gasteiger charge is 2.25. The minimum Gasteiger partial charge on any atom is -0.356 e. The fraction of sp³-hybridized carbons (Fsp3) is 0.778. The van der Waals surface area contributed by atoms with Crippen molar-refractivity contribution in [3.63, 3.8) is 0 Å². The Bertz CT molecular complexity index is 749. The molecule has 0 spiro atoms. The van der Waals surface area contributed by atoms with Crippen molar-refractivity contribution in [1.29, 1.82) is 0 Å². The van der Waals surface area contributed by atoms with Crippen LogP contribution < -0.4 is 5.32 Å². The molecule has 2 aliphatic rings. The van der Waals surface area contributed by atoms with E-state index in [1.807, 2.05) is 18.4 Å². The molecule has 1 N–H and O–H groups in total. The lowest BCUT2D eigenvalue weighted by molar-refractivity contribution is 0.273. The van der Waals surface area contributed by atoms with E-state index in [0.717, 1.165) is 43.3 Å². The van der Waals surface area contributed by atoms with Gasteiger partial charge >= 0.3 is 0 Å². The van der Waals surface area contributed by atoms with Gasteiger partial charge in [0.2, 0.25) is 10.0 Å². The molecule has 2 heterocycles. The van der Waals surface area contributed by atoms with Gasteiger partial charge in [-0.2, -0.15) is 0 Å². The monoisotopic (exact) mass is 541 g/mol.